The van der Waals surface area contributed by atoms with Gasteiger partial charge in [0.05, 0.1) is 0 Å². The van der Waals surface area contributed by atoms with Crippen LogP contribution in [0.25, 0.3) is 16.7 Å². The smallest absolute Gasteiger partial charge is 0.339 e. The van der Waals surface area contributed by atoms with E-state index >= 15 is 0 Å². The van der Waals surface area contributed by atoms with Gasteiger partial charge >= 0.3 is 10.1 Å². The molecule has 0 aliphatic rings. The largest absolute Gasteiger partial charge is 0.377 e. The number of rotatable bonds is 4. The van der Waals surface area contributed by atoms with Gasteiger partial charge in [-0.2, -0.15) is 8.42 Å². The number of hydrogen-bond donors (Lipinski definition) is 0. The fourth-order valence-electron chi connectivity index (χ4n) is 2.59. The first kappa shape index (κ1) is 17.5. The van der Waals surface area contributed by atoms with Gasteiger partial charge in [0.1, 0.15) is 21.6 Å². The van der Waals surface area contributed by atoms with Crippen LogP contribution in [0.15, 0.2) is 71.6 Å². The lowest BCUT2D eigenvalue weighted by Gasteiger charge is -2.11. The van der Waals surface area contributed by atoms with Crippen LogP contribution < -0.4 is 4.18 Å². The van der Waals surface area contributed by atoms with Crippen molar-refractivity contribution in [3.05, 3.63) is 77.3 Å². The molecule has 0 N–H and O–H groups in total. The molecule has 0 spiro atoms. The fourth-order valence-corrected chi connectivity index (χ4v) is 3.66. The van der Waals surface area contributed by atoms with E-state index in [1.54, 1.807) is 18.2 Å². The highest BCUT2D eigenvalue weighted by Gasteiger charge is 2.20. The lowest BCUT2D eigenvalue weighted by molar-refractivity contribution is 0.482. The lowest BCUT2D eigenvalue weighted by Crippen LogP contribution is -2.12. The van der Waals surface area contributed by atoms with Crippen molar-refractivity contribution in [2.24, 2.45) is 0 Å². The van der Waals surface area contributed by atoms with E-state index in [2.05, 4.69) is 10.2 Å². The van der Waals surface area contributed by atoms with E-state index in [9.17, 15) is 8.42 Å². The van der Waals surface area contributed by atoms with Crippen molar-refractivity contribution in [2.45, 2.75) is 11.8 Å². The van der Waals surface area contributed by atoms with Gasteiger partial charge in [0.15, 0.2) is 5.75 Å². The Morgan fingerprint density at radius 3 is 2.19 bits per heavy atom. The third kappa shape index (κ3) is 3.51. The molecular weight excluding hydrogens is 386 g/mol. The lowest BCUT2D eigenvalue weighted by atomic mass is 10.2. The Balaban J connectivity index is 1.78. The zero-order valence-corrected chi connectivity index (χ0v) is 15.8. The molecule has 0 saturated heterocycles. The van der Waals surface area contributed by atoms with Gasteiger partial charge in [-0.05, 0) is 61.0 Å². The zero-order chi connectivity index (χ0) is 19.0. The number of fused-ring (bicyclic) bond motifs is 1. The van der Waals surface area contributed by atoms with E-state index in [0.29, 0.717) is 21.7 Å². The van der Waals surface area contributed by atoms with Crippen molar-refractivity contribution < 1.29 is 12.6 Å². The van der Waals surface area contributed by atoms with Crippen LogP contribution in [0.3, 0.4) is 0 Å². The molecule has 0 saturated carbocycles. The molecule has 6 nitrogen and oxygen atoms in total. The average Bonchev–Trinajstić information content (AvgIpc) is 3.07. The third-order valence-electron chi connectivity index (χ3n) is 3.92. The summed E-state index contributed by atoms with van der Waals surface area (Å²) in [7, 11) is -4.03. The summed E-state index contributed by atoms with van der Waals surface area (Å²) < 4.78 is 30.7. The minimum Gasteiger partial charge on any atom is -0.377 e. The molecule has 0 fully saturated rings. The fraction of sp³-hybridized carbons (Fsp3) is 0.0526. The predicted molar refractivity (Wildman–Crippen MR) is 103 cm³/mol. The Morgan fingerprint density at radius 2 is 1.56 bits per heavy atom. The van der Waals surface area contributed by atoms with Gasteiger partial charge in [0.2, 0.25) is 0 Å². The van der Waals surface area contributed by atoms with Gasteiger partial charge in [-0.1, -0.05) is 29.8 Å². The molecular formula is C19H14ClN3O3S. The number of nitrogens with zero attached hydrogens (tertiary/aromatic N) is 3. The standard InChI is InChI=1S/C19H14ClN3O3S/c1-13-6-11-19(26-27(24,25)15-9-7-14(20)8-10-15)18(12-13)23-21-16-4-2-3-5-17(16)22-23/h2-12H,1H3. The zero-order valence-electron chi connectivity index (χ0n) is 14.2. The summed E-state index contributed by atoms with van der Waals surface area (Å²) in [5, 5.41) is 9.27. The highest BCUT2D eigenvalue weighted by atomic mass is 35.5. The van der Waals surface area contributed by atoms with Crippen LogP contribution in [-0.4, -0.2) is 23.4 Å². The summed E-state index contributed by atoms with van der Waals surface area (Å²) in [6.07, 6.45) is 0. The van der Waals surface area contributed by atoms with Crippen molar-refractivity contribution in [1.82, 2.24) is 15.0 Å². The molecule has 4 rings (SSSR count). The normalized spacial score (nSPS) is 11.6. The van der Waals surface area contributed by atoms with Crippen molar-refractivity contribution >= 4 is 32.8 Å². The molecule has 0 aliphatic carbocycles. The molecule has 8 heteroatoms. The van der Waals surface area contributed by atoms with Gasteiger partial charge in [-0.15, -0.1) is 15.0 Å². The van der Waals surface area contributed by atoms with Crippen LogP contribution in [0.5, 0.6) is 5.75 Å². The highest BCUT2D eigenvalue weighted by molar-refractivity contribution is 7.87. The van der Waals surface area contributed by atoms with E-state index in [4.69, 9.17) is 15.8 Å². The van der Waals surface area contributed by atoms with E-state index < -0.39 is 10.1 Å². The monoisotopic (exact) mass is 399 g/mol. The van der Waals surface area contributed by atoms with Crippen LogP contribution in [-0.2, 0) is 10.1 Å². The second kappa shape index (κ2) is 6.68. The van der Waals surface area contributed by atoms with Gasteiger partial charge in [0, 0.05) is 5.02 Å². The quantitative estimate of drug-likeness (QED) is 0.482. The maximum absolute atomic E-state index is 12.6. The van der Waals surface area contributed by atoms with Crippen LogP contribution >= 0.6 is 11.6 Å². The van der Waals surface area contributed by atoms with Crippen molar-refractivity contribution in [3.8, 4) is 11.4 Å². The van der Waals surface area contributed by atoms with Crippen LogP contribution in [0, 0.1) is 6.92 Å². The topological polar surface area (TPSA) is 74.1 Å². The summed E-state index contributed by atoms with van der Waals surface area (Å²) >= 11 is 5.83. The Labute approximate surface area is 161 Å². The second-order valence-corrected chi connectivity index (χ2v) is 7.92. The van der Waals surface area contributed by atoms with E-state index in [0.717, 1.165) is 5.56 Å². The van der Waals surface area contributed by atoms with Crippen molar-refractivity contribution in [2.75, 3.05) is 0 Å². The molecule has 0 unspecified atom stereocenters. The number of hydrogen-bond acceptors (Lipinski definition) is 5. The molecule has 136 valence electrons. The van der Waals surface area contributed by atoms with Crippen molar-refractivity contribution in [1.29, 1.82) is 0 Å². The number of aryl methyl sites for hydroxylation is 1. The van der Waals surface area contributed by atoms with Crippen LogP contribution in [0.2, 0.25) is 5.02 Å². The molecule has 0 radical (unpaired) electrons. The molecule has 4 aromatic rings. The van der Waals surface area contributed by atoms with Gasteiger partial charge in [0.25, 0.3) is 0 Å². The summed E-state index contributed by atoms with van der Waals surface area (Å²) in [4.78, 5) is 1.39. The first-order chi connectivity index (χ1) is 12.9. The molecule has 0 bridgehead atoms. The first-order valence-corrected chi connectivity index (χ1v) is 9.84. The number of benzene rings is 3. The molecule has 1 heterocycles. The maximum atomic E-state index is 12.6. The summed E-state index contributed by atoms with van der Waals surface area (Å²) in [6.45, 7) is 1.89. The highest BCUT2D eigenvalue weighted by Crippen LogP contribution is 2.28. The summed E-state index contributed by atoms with van der Waals surface area (Å²) in [6, 6.07) is 18.3. The van der Waals surface area contributed by atoms with Crippen LogP contribution in [0.4, 0.5) is 0 Å². The number of aromatic nitrogens is 3. The third-order valence-corrected chi connectivity index (χ3v) is 5.42. The predicted octanol–water partition coefficient (Wildman–Crippen LogP) is 4.15. The van der Waals surface area contributed by atoms with E-state index in [1.807, 2.05) is 31.2 Å². The maximum Gasteiger partial charge on any atom is 0.339 e. The Kier molecular flexibility index (Phi) is 4.33. The Hall–Kier alpha value is -2.90. The Bertz CT molecular complexity index is 1200. The molecule has 0 aliphatic heterocycles. The Morgan fingerprint density at radius 1 is 0.926 bits per heavy atom. The minimum absolute atomic E-state index is 0.0111. The molecule has 3 aromatic carbocycles. The molecule has 0 amide bonds. The van der Waals surface area contributed by atoms with Gasteiger partial charge < -0.3 is 4.18 Å². The SMILES string of the molecule is Cc1ccc(OS(=O)(=O)c2ccc(Cl)cc2)c(-n2nc3ccccc3n2)c1. The van der Waals surface area contributed by atoms with Crippen LogP contribution in [0.1, 0.15) is 5.56 Å². The van der Waals surface area contributed by atoms with E-state index in [1.165, 1.54) is 29.1 Å². The molecule has 27 heavy (non-hydrogen) atoms. The van der Waals surface area contributed by atoms with Crippen molar-refractivity contribution in [3.63, 3.8) is 0 Å². The molecule has 0 atom stereocenters. The number of halogens is 1. The molecule has 1 aromatic heterocycles. The second-order valence-electron chi connectivity index (χ2n) is 5.94. The van der Waals surface area contributed by atoms with Gasteiger partial charge in [-0.25, -0.2) is 0 Å². The summed E-state index contributed by atoms with van der Waals surface area (Å²) in [5.74, 6) is 0.135. The van der Waals surface area contributed by atoms with E-state index in [-0.39, 0.29) is 10.6 Å². The summed E-state index contributed by atoms with van der Waals surface area (Å²) in [5.41, 5.74) is 2.75. The first-order valence-electron chi connectivity index (χ1n) is 8.05. The minimum atomic E-state index is -4.03. The average molecular weight is 400 g/mol. The van der Waals surface area contributed by atoms with Gasteiger partial charge in [-0.3, -0.25) is 0 Å².